The van der Waals surface area contributed by atoms with Gasteiger partial charge in [-0.1, -0.05) is 46.3 Å². The van der Waals surface area contributed by atoms with E-state index in [1.54, 1.807) is 48.5 Å². The zero-order chi connectivity index (χ0) is 28.7. The van der Waals surface area contributed by atoms with E-state index in [1.165, 1.54) is 20.8 Å². The molecule has 1 aliphatic heterocycles. The van der Waals surface area contributed by atoms with E-state index in [2.05, 4.69) is 15.9 Å². The van der Waals surface area contributed by atoms with Crippen LogP contribution in [0.25, 0.3) is 0 Å². The molecule has 1 aliphatic rings. The summed E-state index contributed by atoms with van der Waals surface area (Å²) in [6, 6.07) is 13.4. The Bertz CT molecular complexity index is 1230. The third-order valence-electron chi connectivity index (χ3n) is 5.41. The maximum absolute atomic E-state index is 13.4. The molecule has 10 nitrogen and oxygen atoms in total. The molecule has 0 aliphatic carbocycles. The Balaban J connectivity index is 2.06. The minimum absolute atomic E-state index is 0.167. The van der Waals surface area contributed by atoms with Crippen molar-refractivity contribution in [1.82, 2.24) is 0 Å². The number of hydrogen-bond acceptors (Lipinski definition) is 11. The molecule has 12 heteroatoms. The maximum Gasteiger partial charge on any atom is 0.303 e. The second-order valence-electron chi connectivity index (χ2n) is 8.52. The second kappa shape index (κ2) is 13.6. The van der Waals surface area contributed by atoms with Crippen molar-refractivity contribution in [1.29, 1.82) is 0 Å². The number of esters is 4. The van der Waals surface area contributed by atoms with Crippen LogP contribution < -0.4 is 4.74 Å². The van der Waals surface area contributed by atoms with Crippen LogP contribution in [0.15, 0.2) is 53.0 Å². The van der Waals surface area contributed by atoms with E-state index in [0.717, 1.165) is 18.7 Å². The molecule has 0 bridgehead atoms. The van der Waals surface area contributed by atoms with Gasteiger partial charge < -0.3 is 23.7 Å². The standard InChI is InChI=1S/C27H27BrO10S/c1-14(29)34-13-22-24(35-15(2)30)25(36-16(3)31)26(37-17(4)32)27(39-22)38-21-11-10-19(28)12-20(21)23(33)18-8-6-5-7-9-18/h5-12,22,24-27H,13H2,1-4H3/t22-,24-,25+,26-,27-/m1/s1. The van der Waals surface area contributed by atoms with Crippen LogP contribution in [0.3, 0.4) is 0 Å². The number of halogens is 1. The lowest BCUT2D eigenvalue weighted by Crippen LogP contribution is -2.59. The average Bonchev–Trinajstić information content (AvgIpc) is 2.86. The van der Waals surface area contributed by atoms with Gasteiger partial charge in [-0.25, -0.2) is 0 Å². The Labute approximate surface area is 237 Å². The van der Waals surface area contributed by atoms with Crippen LogP contribution in [0.4, 0.5) is 0 Å². The molecule has 208 valence electrons. The average molecular weight is 623 g/mol. The fourth-order valence-electron chi connectivity index (χ4n) is 3.94. The van der Waals surface area contributed by atoms with Gasteiger partial charge in [0.1, 0.15) is 12.4 Å². The lowest BCUT2D eigenvalue weighted by atomic mass is 10.0. The number of ether oxygens (including phenoxy) is 5. The largest absolute Gasteiger partial charge is 0.475 e. The number of thioether (sulfide) groups is 1. The van der Waals surface area contributed by atoms with E-state index in [0.29, 0.717) is 10.0 Å². The van der Waals surface area contributed by atoms with Crippen LogP contribution in [-0.4, -0.2) is 65.3 Å². The van der Waals surface area contributed by atoms with Gasteiger partial charge in [0.15, 0.2) is 29.5 Å². The summed E-state index contributed by atoms with van der Waals surface area (Å²) >= 11 is 4.43. The number of benzene rings is 2. The Kier molecular flexibility index (Phi) is 10.5. The molecule has 0 N–H and O–H groups in total. The predicted octanol–water partition coefficient (Wildman–Crippen LogP) is 3.86. The normalized spacial score (nSPS) is 22.2. The van der Waals surface area contributed by atoms with Crippen LogP contribution in [0.2, 0.25) is 0 Å². The predicted molar refractivity (Wildman–Crippen MR) is 143 cm³/mol. The third-order valence-corrected chi connectivity index (χ3v) is 7.29. The second-order valence-corrected chi connectivity index (χ2v) is 10.8. The van der Waals surface area contributed by atoms with Crippen molar-refractivity contribution >= 4 is 57.4 Å². The molecule has 1 saturated heterocycles. The molecule has 39 heavy (non-hydrogen) atoms. The fourth-order valence-corrected chi connectivity index (χ4v) is 5.68. The van der Waals surface area contributed by atoms with Crippen molar-refractivity contribution in [3.63, 3.8) is 0 Å². The molecule has 2 aromatic rings. The SMILES string of the molecule is CC(=O)OC[C@H]1S[C@@H](Oc2ccc(Br)cc2C(=O)c2ccccc2)[C@H](OC(C)=O)[C@@H](OC(C)=O)[C@@H]1OC(C)=O. The monoisotopic (exact) mass is 622 g/mol. The summed E-state index contributed by atoms with van der Waals surface area (Å²) in [4.78, 5) is 61.1. The molecule has 0 aromatic heterocycles. The minimum atomic E-state index is -1.30. The number of hydrogen-bond donors (Lipinski definition) is 0. The molecule has 0 radical (unpaired) electrons. The van der Waals surface area contributed by atoms with Crippen LogP contribution in [0, 0.1) is 0 Å². The van der Waals surface area contributed by atoms with E-state index < -0.39 is 52.9 Å². The van der Waals surface area contributed by atoms with Gasteiger partial charge in [0.25, 0.3) is 0 Å². The number of rotatable bonds is 9. The van der Waals surface area contributed by atoms with Gasteiger partial charge >= 0.3 is 23.9 Å². The summed E-state index contributed by atoms with van der Waals surface area (Å²) in [5.74, 6) is -2.85. The van der Waals surface area contributed by atoms with Crippen LogP contribution in [-0.2, 0) is 38.1 Å². The third kappa shape index (κ3) is 8.30. The maximum atomic E-state index is 13.4. The molecule has 2 aromatic carbocycles. The topological polar surface area (TPSA) is 132 Å². The Morgan fingerprint density at radius 2 is 1.36 bits per heavy atom. The molecule has 0 unspecified atom stereocenters. The summed E-state index contributed by atoms with van der Waals surface area (Å²) in [6.45, 7) is 4.49. The minimum Gasteiger partial charge on any atom is -0.475 e. The molecular formula is C27H27BrO10S. The van der Waals surface area contributed by atoms with Gasteiger partial charge in [-0.2, -0.15) is 0 Å². The first-order valence-electron chi connectivity index (χ1n) is 11.8. The first-order valence-corrected chi connectivity index (χ1v) is 13.6. The summed E-state index contributed by atoms with van der Waals surface area (Å²) in [5, 5.41) is -0.775. The molecule has 1 fully saturated rings. The van der Waals surface area contributed by atoms with E-state index in [4.69, 9.17) is 23.7 Å². The summed E-state index contributed by atoms with van der Waals surface area (Å²) < 4.78 is 28.6. The Hall–Kier alpha value is -3.38. The summed E-state index contributed by atoms with van der Waals surface area (Å²) in [7, 11) is 0. The first-order chi connectivity index (χ1) is 18.5. The first kappa shape index (κ1) is 30.2. The highest BCUT2D eigenvalue weighted by Gasteiger charge is 2.53. The van der Waals surface area contributed by atoms with E-state index in [1.807, 2.05) is 0 Å². The quantitative estimate of drug-likeness (QED) is 0.229. The zero-order valence-electron chi connectivity index (χ0n) is 21.6. The number of carbonyl (C=O) groups excluding carboxylic acids is 5. The molecule has 0 spiro atoms. The lowest BCUT2D eigenvalue weighted by Gasteiger charge is -2.43. The Morgan fingerprint density at radius 3 is 1.95 bits per heavy atom. The highest BCUT2D eigenvalue weighted by Crippen LogP contribution is 2.40. The highest BCUT2D eigenvalue weighted by molar-refractivity contribution is 9.10. The van der Waals surface area contributed by atoms with E-state index in [9.17, 15) is 24.0 Å². The zero-order valence-corrected chi connectivity index (χ0v) is 24.0. The number of carbonyl (C=O) groups is 5. The van der Waals surface area contributed by atoms with Crippen molar-refractivity contribution in [2.45, 2.75) is 56.7 Å². The molecule has 3 rings (SSSR count). The van der Waals surface area contributed by atoms with Gasteiger partial charge in [-0.3, -0.25) is 24.0 Å². The van der Waals surface area contributed by atoms with Crippen molar-refractivity contribution in [2.24, 2.45) is 0 Å². The van der Waals surface area contributed by atoms with Crippen LogP contribution in [0.1, 0.15) is 43.6 Å². The molecular weight excluding hydrogens is 596 g/mol. The summed E-state index contributed by atoms with van der Waals surface area (Å²) in [5.41, 5.74) is -0.414. The van der Waals surface area contributed by atoms with Crippen molar-refractivity contribution in [3.8, 4) is 5.75 Å². The molecule has 5 atom stereocenters. The van der Waals surface area contributed by atoms with E-state index >= 15 is 0 Å². The van der Waals surface area contributed by atoms with Crippen LogP contribution in [0.5, 0.6) is 5.75 Å². The summed E-state index contributed by atoms with van der Waals surface area (Å²) in [6.07, 6.45) is -3.70. The molecule has 1 heterocycles. The van der Waals surface area contributed by atoms with Crippen LogP contribution >= 0.6 is 27.7 Å². The molecule has 0 amide bonds. The molecule has 0 saturated carbocycles. The van der Waals surface area contributed by atoms with Gasteiger partial charge in [0.2, 0.25) is 0 Å². The number of ketones is 1. The van der Waals surface area contributed by atoms with Gasteiger partial charge in [-0.05, 0) is 18.2 Å². The highest BCUT2D eigenvalue weighted by atomic mass is 79.9. The smallest absolute Gasteiger partial charge is 0.303 e. The Morgan fingerprint density at radius 1 is 0.769 bits per heavy atom. The van der Waals surface area contributed by atoms with Crippen molar-refractivity contribution in [2.75, 3.05) is 6.61 Å². The van der Waals surface area contributed by atoms with Gasteiger partial charge in [0, 0.05) is 37.7 Å². The van der Waals surface area contributed by atoms with Crippen molar-refractivity contribution in [3.05, 3.63) is 64.1 Å². The van der Waals surface area contributed by atoms with Gasteiger partial charge in [-0.15, -0.1) is 11.8 Å². The lowest BCUT2D eigenvalue weighted by molar-refractivity contribution is -0.190. The van der Waals surface area contributed by atoms with E-state index in [-0.39, 0.29) is 23.7 Å². The fraction of sp³-hybridized carbons (Fsp3) is 0.370. The van der Waals surface area contributed by atoms with Crippen molar-refractivity contribution < 1.29 is 47.7 Å². The van der Waals surface area contributed by atoms with Gasteiger partial charge in [0.05, 0.1) is 10.8 Å².